The number of para-hydroxylation sites is 1. The van der Waals surface area contributed by atoms with Crippen molar-refractivity contribution >= 4 is 16.7 Å². The number of likely N-dealkylation sites (tertiary alicyclic amines) is 1. The fourth-order valence-electron chi connectivity index (χ4n) is 5.28. The molecule has 1 fully saturated rings. The van der Waals surface area contributed by atoms with E-state index in [2.05, 4.69) is 21.6 Å². The number of piperidine rings is 1. The molecule has 5 nitrogen and oxygen atoms in total. The number of carbonyl (C=O) groups is 1. The molecule has 0 aliphatic carbocycles. The van der Waals surface area contributed by atoms with Crippen LogP contribution in [0.15, 0.2) is 47.3 Å². The summed E-state index contributed by atoms with van der Waals surface area (Å²) in [6.07, 6.45) is 1.11. The molecule has 1 aromatic carbocycles. The van der Waals surface area contributed by atoms with Crippen molar-refractivity contribution < 1.29 is 4.79 Å². The molecule has 0 radical (unpaired) electrons. The van der Waals surface area contributed by atoms with Crippen molar-refractivity contribution in [1.29, 1.82) is 0 Å². The molecule has 144 valence electrons. The lowest BCUT2D eigenvalue weighted by molar-refractivity contribution is 0.0818. The van der Waals surface area contributed by atoms with Crippen LogP contribution in [0.5, 0.6) is 0 Å². The molecular weight excluding hydrogens is 350 g/mol. The molecule has 0 saturated carbocycles. The van der Waals surface area contributed by atoms with E-state index < -0.39 is 0 Å². The fourth-order valence-corrected chi connectivity index (χ4v) is 5.28. The van der Waals surface area contributed by atoms with Crippen molar-refractivity contribution in [3.63, 3.8) is 0 Å². The third kappa shape index (κ3) is 2.65. The lowest BCUT2D eigenvalue weighted by Gasteiger charge is -2.42. The van der Waals surface area contributed by atoms with Crippen LogP contribution in [0.3, 0.4) is 0 Å². The van der Waals surface area contributed by atoms with E-state index in [0.29, 0.717) is 18.4 Å². The summed E-state index contributed by atoms with van der Waals surface area (Å²) in [6.45, 7) is 4.96. The van der Waals surface area contributed by atoms with Gasteiger partial charge in [0.1, 0.15) is 0 Å². The number of pyridine rings is 1. The van der Waals surface area contributed by atoms with E-state index >= 15 is 0 Å². The largest absolute Gasteiger partial charge is 0.347 e. The topological polar surface area (TPSA) is 47.2 Å². The van der Waals surface area contributed by atoms with Gasteiger partial charge in [-0.15, -0.1) is 0 Å². The summed E-state index contributed by atoms with van der Waals surface area (Å²) < 4.78 is 4.04. The first-order chi connectivity index (χ1) is 13.5. The van der Waals surface area contributed by atoms with Crippen molar-refractivity contribution in [3.8, 4) is 0 Å². The second-order valence-corrected chi connectivity index (χ2v) is 8.35. The number of benzene rings is 1. The standard InChI is InChI=1S/C23H25N3O2/c1-15-23(18-6-3-4-7-20(18)24(15)2)21(27)14-25-11-16-10-17(13-25)19-8-5-9-22(28)26(19)12-16/h3-9,16-17H,10-14H2,1-2H3/t16?,17-/m1/s1. The summed E-state index contributed by atoms with van der Waals surface area (Å²) in [6, 6.07) is 13.7. The van der Waals surface area contributed by atoms with Crippen molar-refractivity contribution in [2.75, 3.05) is 19.6 Å². The van der Waals surface area contributed by atoms with Crippen LogP contribution in [0, 0.1) is 12.8 Å². The van der Waals surface area contributed by atoms with Crippen LogP contribution in [-0.2, 0) is 13.6 Å². The molecule has 2 aliphatic heterocycles. The summed E-state index contributed by atoms with van der Waals surface area (Å²) in [5.74, 6) is 0.968. The van der Waals surface area contributed by atoms with Gasteiger partial charge in [0.05, 0.1) is 6.54 Å². The fraction of sp³-hybridized carbons (Fsp3) is 0.391. The number of Topliss-reactive ketones (excluding diaryl/α,β-unsaturated/α-hetero) is 1. The van der Waals surface area contributed by atoms with E-state index in [-0.39, 0.29) is 11.3 Å². The molecule has 0 N–H and O–H groups in total. The van der Waals surface area contributed by atoms with Gasteiger partial charge in [0.15, 0.2) is 5.78 Å². The van der Waals surface area contributed by atoms with Crippen LogP contribution in [0.2, 0.25) is 0 Å². The summed E-state index contributed by atoms with van der Waals surface area (Å²) in [5.41, 5.74) is 4.21. The SMILES string of the molecule is Cc1c(C(=O)CN2CC3C[C@H](C2)c2cccc(=O)n2C3)c2ccccc2n1C. The van der Waals surface area contributed by atoms with E-state index in [1.807, 2.05) is 42.8 Å². The first-order valence-electron chi connectivity index (χ1n) is 10.0. The van der Waals surface area contributed by atoms with E-state index in [1.54, 1.807) is 6.07 Å². The number of aromatic nitrogens is 2. The van der Waals surface area contributed by atoms with Gasteiger partial charge in [-0.1, -0.05) is 24.3 Å². The third-order valence-electron chi connectivity index (χ3n) is 6.60. The highest BCUT2D eigenvalue weighted by atomic mass is 16.1. The van der Waals surface area contributed by atoms with Gasteiger partial charge in [-0.2, -0.15) is 0 Å². The number of hydrogen-bond acceptors (Lipinski definition) is 3. The molecular formula is C23H25N3O2. The van der Waals surface area contributed by atoms with E-state index in [9.17, 15) is 9.59 Å². The lowest BCUT2D eigenvalue weighted by atomic mass is 9.83. The minimum atomic E-state index is 0.100. The average Bonchev–Trinajstić information content (AvgIpc) is 2.94. The zero-order valence-electron chi connectivity index (χ0n) is 16.4. The number of hydrogen-bond donors (Lipinski definition) is 0. The Hall–Kier alpha value is -2.66. The number of nitrogens with zero attached hydrogens (tertiary/aromatic N) is 3. The summed E-state index contributed by atoms with van der Waals surface area (Å²) in [4.78, 5) is 27.8. The third-order valence-corrected chi connectivity index (χ3v) is 6.60. The highest BCUT2D eigenvalue weighted by Crippen LogP contribution is 2.35. The highest BCUT2D eigenvalue weighted by Gasteiger charge is 2.35. The van der Waals surface area contributed by atoms with Gasteiger partial charge in [-0.25, -0.2) is 0 Å². The molecule has 0 spiro atoms. The van der Waals surface area contributed by atoms with Gasteiger partial charge >= 0.3 is 0 Å². The number of fused-ring (bicyclic) bond motifs is 5. The Morgan fingerprint density at radius 1 is 1.07 bits per heavy atom. The molecule has 2 aliphatic rings. The molecule has 4 heterocycles. The second-order valence-electron chi connectivity index (χ2n) is 8.35. The van der Waals surface area contributed by atoms with Gasteiger partial charge in [-0.05, 0) is 31.4 Å². The predicted octanol–water partition coefficient (Wildman–Crippen LogP) is 2.95. The molecule has 1 saturated heterocycles. The van der Waals surface area contributed by atoms with Gasteiger partial charge in [-0.3, -0.25) is 14.5 Å². The van der Waals surface area contributed by atoms with Crippen molar-refractivity contribution in [2.24, 2.45) is 13.0 Å². The average molecular weight is 375 g/mol. The van der Waals surface area contributed by atoms with Gasteiger partial charge < -0.3 is 9.13 Å². The molecule has 2 atom stereocenters. The molecule has 5 rings (SSSR count). The minimum Gasteiger partial charge on any atom is -0.347 e. The number of rotatable bonds is 3. The molecule has 2 bridgehead atoms. The maximum absolute atomic E-state index is 13.3. The normalized spacial score (nSPS) is 21.6. The number of carbonyl (C=O) groups excluding carboxylic acids is 1. The van der Waals surface area contributed by atoms with Crippen LogP contribution in [0.1, 0.15) is 34.1 Å². The molecule has 2 aromatic heterocycles. The van der Waals surface area contributed by atoms with Gasteiger partial charge in [0.2, 0.25) is 0 Å². The highest BCUT2D eigenvalue weighted by molar-refractivity contribution is 6.10. The van der Waals surface area contributed by atoms with E-state index in [4.69, 9.17) is 0 Å². The van der Waals surface area contributed by atoms with Crippen molar-refractivity contribution in [2.45, 2.75) is 25.8 Å². The van der Waals surface area contributed by atoms with E-state index in [0.717, 1.165) is 53.9 Å². The zero-order valence-corrected chi connectivity index (χ0v) is 16.4. The Kier molecular flexibility index (Phi) is 4.02. The Bertz CT molecular complexity index is 1140. The lowest BCUT2D eigenvalue weighted by Crippen LogP contribution is -2.48. The van der Waals surface area contributed by atoms with Crippen LogP contribution < -0.4 is 5.56 Å². The summed E-state index contributed by atoms with van der Waals surface area (Å²) in [7, 11) is 2.02. The Morgan fingerprint density at radius 2 is 1.89 bits per heavy atom. The summed E-state index contributed by atoms with van der Waals surface area (Å²) in [5, 5.41) is 1.04. The first-order valence-corrected chi connectivity index (χ1v) is 10.0. The monoisotopic (exact) mass is 375 g/mol. The number of ketones is 1. The Labute approximate surface area is 164 Å². The molecule has 1 unspecified atom stereocenters. The Balaban J connectivity index is 1.42. The zero-order chi connectivity index (χ0) is 19.4. The maximum Gasteiger partial charge on any atom is 0.250 e. The van der Waals surface area contributed by atoms with E-state index in [1.165, 1.54) is 0 Å². The predicted molar refractivity (Wildman–Crippen MR) is 110 cm³/mol. The minimum absolute atomic E-state index is 0.100. The molecule has 3 aromatic rings. The smallest absolute Gasteiger partial charge is 0.250 e. The first kappa shape index (κ1) is 17.4. The van der Waals surface area contributed by atoms with Gasteiger partial charge in [0.25, 0.3) is 5.56 Å². The Morgan fingerprint density at radius 3 is 2.75 bits per heavy atom. The quantitative estimate of drug-likeness (QED) is 0.662. The molecule has 5 heteroatoms. The van der Waals surface area contributed by atoms with Crippen LogP contribution in [-0.4, -0.2) is 39.5 Å². The second kappa shape index (κ2) is 6.45. The van der Waals surface area contributed by atoms with Crippen LogP contribution in [0.4, 0.5) is 0 Å². The molecule has 0 amide bonds. The van der Waals surface area contributed by atoms with Gasteiger partial charge in [0, 0.05) is 66.5 Å². The number of aryl methyl sites for hydroxylation is 1. The van der Waals surface area contributed by atoms with Crippen LogP contribution >= 0.6 is 0 Å². The molecule has 28 heavy (non-hydrogen) atoms. The van der Waals surface area contributed by atoms with Crippen molar-refractivity contribution in [1.82, 2.24) is 14.0 Å². The van der Waals surface area contributed by atoms with Crippen molar-refractivity contribution in [3.05, 3.63) is 69.8 Å². The summed E-state index contributed by atoms with van der Waals surface area (Å²) >= 11 is 0. The van der Waals surface area contributed by atoms with Crippen LogP contribution in [0.25, 0.3) is 10.9 Å². The maximum atomic E-state index is 13.3.